The Hall–Kier alpha value is -2.95. The summed E-state index contributed by atoms with van der Waals surface area (Å²) in [6.07, 6.45) is 2.47. The summed E-state index contributed by atoms with van der Waals surface area (Å²) in [7, 11) is 0. The van der Waals surface area contributed by atoms with Crippen LogP contribution in [0, 0.1) is 6.92 Å². The standard InChI is InChI=1S/C17H14N4O/c1-10-7-12-8-11(4-5-13(12)17(22)19-10)9-15-16-14(20-21-15)3-2-6-18-16/h2-8H,9H2,1H3,(H,19,22)(H,20,21). The lowest BCUT2D eigenvalue weighted by atomic mass is 10.0. The van der Waals surface area contributed by atoms with Crippen LogP contribution >= 0.6 is 0 Å². The van der Waals surface area contributed by atoms with E-state index in [2.05, 4.69) is 20.2 Å². The maximum Gasteiger partial charge on any atom is 0.256 e. The molecule has 0 fully saturated rings. The van der Waals surface area contributed by atoms with Crippen LogP contribution in [-0.4, -0.2) is 20.2 Å². The lowest BCUT2D eigenvalue weighted by molar-refractivity contribution is 1.01. The summed E-state index contributed by atoms with van der Waals surface area (Å²) in [5, 5.41) is 8.98. The van der Waals surface area contributed by atoms with Gasteiger partial charge in [-0.25, -0.2) is 0 Å². The van der Waals surface area contributed by atoms with E-state index in [9.17, 15) is 4.79 Å². The predicted molar refractivity (Wildman–Crippen MR) is 86.0 cm³/mol. The number of benzene rings is 1. The molecule has 5 heteroatoms. The van der Waals surface area contributed by atoms with Crippen LogP contribution < -0.4 is 5.56 Å². The topological polar surface area (TPSA) is 74.4 Å². The molecule has 3 heterocycles. The molecule has 0 bridgehead atoms. The van der Waals surface area contributed by atoms with E-state index in [4.69, 9.17) is 0 Å². The van der Waals surface area contributed by atoms with Crippen molar-refractivity contribution in [1.29, 1.82) is 0 Å². The van der Waals surface area contributed by atoms with Crippen LogP contribution in [0.5, 0.6) is 0 Å². The number of aromatic nitrogens is 4. The number of H-pyrrole nitrogens is 2. The van der Waals surface area contributed by atoms with Crippen molar-refractivity contribution in [3.05, 3.63) is 69.9 Å². The molecule has 0 radical (unpaired) electrons. The smallest absolute Gasteiger partial charge is 0.256 e. The first-order chi connectivity index (χ1) is 10.7. The van der Waals surface area contributed by atoms with Crippen molar-refractivity contribution in [1.82, 2.24) is 20.2 Å². The molecule has 4 rings (SSSR count). The van der Waals surface area contributed by atoms with Crippen LogP contribution in [0.3, 0.4) is 0 Å². The van der Waals surface area contributed by atoms with E-state index in [0.717, 1.165) is 33.4 Å². The fourth-order valence-electron chi connectivity index (χ4n) is 2.79. The summed E-state index contributed by atoms with van der Waals surface area (Å²) >= 11 is 0. The van der Waals surface area contributed by atoms with Crippen molar-refractivity contribution < 1.29 is 0 Å². The molecule has 0 aliphatic carbocycles. The quantitative estimate of drug-likeness (QED) is 0.596. The molecule has 4 aromatic rings. The van der Waals surface area contributed by atoms with Crippen LogP contribution in [0.4, 0.5) is 0 Å². The van der Waals surface area contributed by atoms with E-state index in [1.807, 2.05) is 43.3 Å². The Morgan fingerprint density at radius 2 is 2.09 bits per heavy atom. The number of aromatic amines is 2. The second-order valence-corrected chi connectivity index (χ2v) is 5.45. The summed E-state index contributed by atoms with van der Waals surface area (Å²) in [5.41, 5.74) is 4.68. The molecule has 0 amide bonds. The van der Waals surface area contributed by atoms with Gasteiger partial charge in [-0.1, -0.05) is 12.1 Å². The lowest BCUT2D eigenvalue weighted by Gasteiger charge is -2.04. The van der Waals surface area contributed by atoms with Gasteiger partial charge in [0.1, 0.15) is 11.0 Å². The first-order valence-electron chi connectivity index (χ1n) is 7.11. The molecule has 5 nitrogen and oxygen atoms in total. The average molecular weight is 290 g/mol. The molecular formula is C17H14N4O. The molecule has 22 heavy (non-hydrogen) atoms. The largest absolute Gasteiger partial charge is 0.326 e. The van der Waals surface area contributed by atoms with Crippen molar-refractivity contribution in [2.45, 2.75) is 13.3 Å². The minimum atomic E-state index is -0.0461. The first-order valence-corrected chi connectivity index (χ1v) is 7.11. The maximum absolute atomic E-state index is 11.9. The summed E-state index contributed by atoms with van der Waals surface area (Å²) in [6, 6.07) is 11.7. The van der Waals surface area contributed by atoms with Crippen LogP contribution in [0.25, 0.3) is 21.8 Å². The summed E-state index contributed by atoms with van der Waals surface area (Å²) in [5.74, 6) is 0. The average Bonchev–Trinajstić information content (AvgIpc) is 2.90. The molecule has 0 aliphatic rings. The number of hydrogen-bond acceptors (Lipinski definition) is 3. The Bertz CT molecular complexity index is 1050. The van der Waals surface area contributed by atoms with Gasteiger partial charge in [-0.05, 0) is 42.1 Å². The second-order valence-electron chi connectivity index (χ2n) is 5.45. The van der Waals surface area contributed by atoms with Gasteiger partial charge in [-0.2, -0.15) is 5.10 Å². The molecule has 0 aliphatic heterocycles. The van der Waals surface area contributed by atoms with Crippen molar-refractivity contribution in [2.24, 2.45) is 0 Å². The number of fused-ring (bicyclic) bond motifs is 2. The van der Waals surface area contributed by atoms with Gasteiger partial charge in [0.25, 0.3) is 5.56 Å². The summed E-state index contributed by atoms with van der Waals surface area (Å²) in [6.45, 7) is 1.89. The Balaban J connectivity index is 1.80. The van der Waals surface area contributed by atoms with Crippen LogP contribution in [0.1, 0.15) is 17.0 Å². The summed E-state index contributed by atoms with van der Waals surface area (Å²) < 4.78 is 0. The third kappa shape index (κ3) is 2.07. The van der Waals surface area contributed by atoms with Crippen molar-refractivity contribution in [3.8, 4) is 0 Å². The van der Waals surface area contributed by atoms with E-state index < -0.39 is 0 Å². The Morgan fingerprint density at radius 3 is 3.00 bits per heavy atom. The van der Waals surface area contributed by atoms with Gasteiger partial charge in [0.2, 0.25) is 0 Å². The Labute approximate surface area is 126 Å². The van der Waals surface area contributed by atoms with E-state index >= 15 is 0 Å². The zero-order valence-electron chi connectivity index (χ0n) is 12.1. The van der Waals surface area contributed by atoms with E-state index in [1.54, 1.807) is 6.20 Å². The molecule has 0 atom stereocenters. The summed E-state index contributed by atoms with van der Waals surface area (Å²) in [4.78, 5) is 19.1. The molecule has 0 saturated heterocycles. The highest BCUT2D eigenvalue weighted by Gasteiger charge is 2.08. The number of nitrogens with zero attached hydrogens (tertiary/aromatic N) is 2. The van der Waals surface area contributed by atoms with Gasteiger partial charge >= 0.3 is 0 Å². The number of nitrogens with one attached hydrogen (secondary N) is 2. The van der Waals surface area contributed by atoms with E-state index in [1.165, 1.54) is 0 Å². The SMILES string of the molecule is Cc1cc2cc(Cc3[nH]nc4cccnc34)ccc2c(=O)[nH]1. The molecule has 0 saturated carbocycles. The normalized spacial score (nSPS) is 11.3. The van der Waals surface area contributed by atoms with E-state index in [-0.39, 0.29) is 5.56 Å². The number of pyridine rings is 2. The van der Waals surface area contributed by atoms with Gasteiger partial charge in [-0.15, -0.1) is 0 Å². The monoisotopic (exact) mass is 290 g/mol. The highest BCUT2D eigenvalue weighted by Crippen LogP contribution is 2.19. The highest BCUT2D eigenvalue weighted by molar-refractivity contribution is 5.83. The van der Waals surface area contributed by atoms with Crippen LogP contribution in [0.15, 0.2) is 47.4 Å². The van der Waals surface area contributed by atoms with Gasteiger partial charge in [0.15, 0.2) is 0 Å². The van der Waals surface area contributed by atoms with Crippen molar-refractivity contribution in [2.75, 3.05) is 0 Å². The third-order valence-corrected chi connectivity index (χ3v) is 3.81. The first kappa shape index (κ1) is 12.8. The van der Waals surface area contributed by atoms with Crippen LogP contribution in [0.2, 0.25) is 0 Å². The third-order valence-electron chi connectivity index (χ3n) is 3.81. The fraction of sp³-hybridized carbons (Fsp3) is 0.118. The van der Waals surface area contributed by atoms with Gasteiger partial charge in [0, 0.05) is 23.7 Å². The second kappa shape index (κ2) is 4.80. The zero-order chi connectivity index (χ0) is 15.1. The molecular weight excluding hydrogens is 276 g/mol. The number of hydrogen-bond donors (Lipinski definition) is 2. The van der Waals surface area contributed by atoms with Gasteiger partial charge in [0.05, 0.1) is 5.69 Å². The fourth-order valence-corrected chi connectivity index (χ4v) is 2.79. The number of rotatable bonds is 2. The zero-order valence-corrected chi connectivity index (χ0v) is 12.1. The van der Waals surface area contributed by atoms with Gasteiger partial charge in [-0.3, -0.25) is 14.9 Å². The highest BCUT2D eigenvalue weighted by atomic mass is 16.1. The van der Waals surface area contributed by atoms with Gasteiger partial charge < -0.3 is 4.98 Å². The lowest BCUT2D eigenvalue weighted by Crippen LogP contribution is -2.07. The molecule has 3 aromatic heterocycles. The minimum absolute atomic E-state index is 0.0461. The molecule has 1 aromatic carbocycles. The number of aryl methyl sites for hydroxylation is 1. The van der Waals surface area contributed by atoms with Crippen molar-refractivity contribution in [3.63, 3.8) is 0 Å². The van der Waals surface area contributed by atoms with Crippen molar-refractivity contribution >= 4 is 21.8 Å². The van der Waals surface area contributed by atoms with E-state index in [0.29, 0.717) is 11.8 Å². The van der Waals surface area contributed by atoms with Crippen LogP contribution in [-0.2, 0) is 6.42 Å². The predicted octanol–water partition coefficient (Wildman–Crippen LogP) is 2.70. The molecule has 0 spiro atoms. The molecule has 2 N–H and O–H groups in total. The molecule has 0 unspecified atom stereocenters. The Morgan fingerprint density at radius 1 is 1.18 bits per heavy atom. The maximum atomic E-state index is 11.9. The minimum Gasteiger partial charge on any atom is -0.326 e. The molecule has 108 valence electrons. The Kier molecular flexibility index (Phi) is 2.79.